The van der Waals surface area contributed by atoms with Gasteiger partial charge in [0.05, 0.1) is 11.9 Å². The fraction of sp³-hybridized carbons (Fsp3) is 0.0588. The number of nitrogens with zero attached hydrogens (tertiary/aromatic N) is 4. The molecule has 3 aromatic rings. The molecule has 2 aromatic heterocycles. The molecule has 1 aromatic carbocycles. The van der Waals surface area contributed by atoms with Gasteiger partial charge in [0.1, 0.15) is 5.88 Å². The van der Waals surface area contributed by atoms with E-state index in [1.165, 1.54) is 0 Å². The number of halogens is 1. The maximum Gasteiger partial charge on any atom is 0.239 e. The van der Waals surface area contributed by atoms with Gasteiger partial charge in [0.15, 0.2) is 0 Å². The highest BCUT2D eigenvalue weighted by molar-refractivity contribution is 6.29. The lowest BCUT2D eigenvalue weighted by molar-refractivity contribution is -0.113. The SMILES string of the molecule is O=C(CCl)Nc1ccc(N(c2cccnc2)c2ncccn2)cc1. The van der Waals surface area contributed by atoms with Gasteiger partial charge in [-0.3, -0.25) is 14.7 Å². The van der Waals surface area contributed by atoms with Gasteiger partial charge < -0.3 is 5.32 Å². The summed E-state index contributed by atoms with van der Waals surface area (Å²) < 4.78 is 0. The average Bonchev–Trinajstić information content (AvgIpc) is 2.65. The Morgan fingerprint density at radius 3 is 2.38 bits per heavy atom. The number of nitrogens with one attached hydrogen (secondary N) is 1. The quantitative estimate of drug-likeness (QED) is 0.720. The van der Waals surface area contributed by atoms with E-state index < -0.39 is 0 Å². The third-order valence-corrected chi connectivity index (χ3v) is 3.43. The molecule has 7 heteroatoms. The normalized spacial score (nSPS) is 10.2. The maximum absolute atomic E-state index is 11.4. The van der Waals surface area contributed by atoms with Crippen LogP contribution in [0.4, 0.5) is 23.0 Å². The minimum Gasteiger partial charge on any atom is -0.325 e. The highest BCUT2D eigenvalue weighted by atomic mass is 35.5. The molecule has 0 fully saturated rings. The summed E-state index contributed by atoms with van der Waals surface area (Å²) in [5, 5.41) is 2.70. The van der Waals surface area contributed by atoms with Gasteiger partial charge in [-0.25, -0.2) is 9.97 Å². The third kappa shape index (κ3) is 3.67. The van der Waals surface area contributed by atoms with Crippen molar-refractivity contribution in [3.05, 3.63) is 67.3 Å². The molecule has 24 heavy (non-hydrogen) atoms. The van der Waals surface area contributed by atoms with Crippen molar-refractivity contribution in [1.29, 1.82) is 0 Å². The van der Waals surface area contributed by atoms with Crippen LogP contribution in [0.2, 0.25) is 0 Å². The van der Waals surface area contributed by atoms with E-state index in [9.17, 15) is 4.79 Å². The Morgan fingerprint density at radius 2 is 1.75 bits per heavy atom. The standard InChI is InChI=1S/C17H14ClN5O/c18-11-16(24)22-13-4-6-14(7-5-13)23(15-3-1-8-19-12-15)17-20-9-2-10-21-17/h1-10,12H,11H2,(H,22,24). The van der Waals surface area contributed by atoms with Crippen LogP contribution in [0.3, 0.4) is 0 Å². The van der Waals surface area contributed by atoms with Crippen LogP contribution in [0, 0.1) is 0 Å². The molecule has 0 unspecified atom stereocenters. The molecule has 0 aliphatic heterocycles. The second-order valence-electron chi connectivity index (χ2n) is 4.82. The summed E-state index contributed by atoms with van der Waals surface area (Å²) in [7, 11) is 0. The molecule has 0 spiro atoms. The van der Waals surface area contributed by atoms with Crippen LogP contribution >= 0.6 is 11.6 Å². The van der Waals surface area contributed by atoms with E-state index in [0.29, 0.717) is 11.6 Å². The Labute approximate surface area is 144 Å². The minimum absolute atomic E-state index is 0.0819. The molecule has 6 nitrogen and oxygen atoms in total. The first kappa shape index (κ1) is 15.9. The fourth-order valence-electron chi connectivity index (χ4n) is 2.16. The summed E-state index contributed by atoms with van der Waals surface area (Å²) in [6, 6.07) is 12.9. The van der Waals surface area contributed by atoms with E-state index in [1.54, 1.807) is 43.0 Å². The largest absolute Gasteiger partial charge is 0.325 e. The average molecular weight is 340 g/mol. The van der Waals surface area contributed by atoms with E-state index in [0.717, 1.165) is 11.4 Å². The second kappa shape index (κ2) is 7.52. The van der Waals surface area contributed by atoms with Crippen molar-refractivity contribution in [2.45, 2.75) is 0 Å². The summed E-state index contributed by atoms with van der Waals surface area (Å²) >= 11 is 5.50. The second-order valence-corrected chi connectivity index (χ2v) is 5.09. The van der Waals surface area contributed by atoms with Crippen molar-refractivity contribution >= 4 is 40.5 Å². The summed E-state index contributed by atoms with van der Waals surface area (Å²) in [5.41, 5.74) is 2.35. The molecule has 3 rings (SSSR count). The number of hydrogen-bond donors (Lipinski definition) is 1. The van der Waals surface area contributed by atoms with Crippen LogP contribution < -0.4 is 10.2 Å². The van der Waals surface area contributed by atoms with Gasteiger partial charge in [-0.2, -0.15) is 0 Å². The molecule has 0 saturated carbocycles. The number of benzene rings is 1. The lowest BCUT2D eigenvalue weighted by atomic mass is 10.2. The maximum atomic E-state index is 11.4. The molecule has 2 heterocycles. The summed E-state index contributed by atoms with van der Waals surface area (Å²) in [5.74, 6) is 0.199. The molecule has 0 radical (unpaired) electrons. The number of hydrogen-bond acceptors (Lipinski definition) is 5. The zero-order chi connectivity index (χ0) is 16.8. The van der Waals surface area contributed by atoms with Crippen LogP contribution in [0.15, 0.2) is 67.3 Å². The Kier molecular flexibility index (Phi) is 4.98. The number of rotatable bonds is 5. The molecule has 0 atom stereocenters. The predicted molar refractivity (Wildman–Crippen MR) is 93.9 cm³/mol. The molecule has 0 saturated heterocycles. The number of alkyl halides is 1. The molecular weight excluding hydrogens is 326 g/mol. The van der Waals surface area contributed by atoms with Crippen LogP contribution in [0.1, 0.15) is 0 Å². The molecule has 0 bridgehead atoms. The summed E-state index contributed by atoms with van der Waals surface area (Å²) in [4.78, 5) is 26.0. The Bertz CT molecular complexity index is 757. The van der Waals surface area contributed by atoms with Gasteiger partial charge in [-0.15, -0.1) is 11.6 Å². The van der Waals surface area contributed by atoms with Crippen molar-refractivity contribution in [2.75, 3.05) is 16.1 Å². The minimum atomic E-state index is -0.250. The molecule has 120 valence electrons. The van der Waals surface area contributed by atoms with Gasteiger partial charge >= 0.3 is 0 Å². The first-order valence-corrected chi connectivity index (χ1v) is 7.74. The topological polar surface area (TPSA) is 71.0 Å². The Balaban J connectivity index is 1.96. The van der Waals surface area contributed by atoms with Gasteiger partial charge in [0.25, 0.3) is 0 Å². The fourth-order valence-corrected chi connectivity index (χ4v) is 2.23. The predicted octanol–water partition coefficient (Wildman–Crippen LogP) is 3.52. The number of anilines is 4. The highest BCUT2D eigenvalue weighted by Crippen LogP contribution is 2.31. The van der Waals surface area contributed by atoms with Crippen molar-refractivity contribution in [3.8, 4) is 0 Å². The van der Waals surface area contributed by atoms with Gasteiger partial charge in [-0.05, 0) is 42.5 Å². The van der Waals surface area contributed by atoms with Crippen LogP contribution in [0.5, 0.6) is 0 Å². The molecule has 0 aliphatic rings. The number of carbonyl (C=O) groups is 1. The first-order chi connectivity index (χ1) is 11.8. The molecule has 1 amide bonds. The number of pyridine rings is 1. The third-order valence-electron chi connectivity index (χ3n) is 3.19. The van der Waals surface area contributed by atoms with E-state index in [4.69, 9.17) is 11.6 Å². The van der Waals surface area contributed by atoms with Crippen molar-refractivity contribution < 1.29 is 4.79 Å². The Hall–Kier alpha value is -2.99. The zero-order valence-electron chi connectivity index (χ0n) is 12.6. The molecule has 0 aliphatic carbocycles. The van der Waals surface area contributed by atoms with Crippen molar-refractivity contribution in [3.63, 3.8) is 0 Å². The number of amides is 1. The monoisotopic (exact) mass is 339 g/mol. The molecule has 1 N–H and O–H groups in total. The van der Waals surface area contributed by atoms with E-state index >= 15 is 0 Å². The smallest absolute Gasteiger partial charge is 0.239 e. The molecular formula is C17H14ClN5O. The number of carbonyl (C=O) groups excluding carboxylic acids is 1. The van der Waals surface area contributed by atoms with Crippen molar-refractivity contribution in [1.82, 2.24) is 15.0 Å². The van der Waals surface area contributed by atoms with Crippen molar-refractivity contribution in [2.24, 2.45) is 0 Å². The van der Waals surface area contributed by atoms with Crippen LogP contribution in [-0.2, 0) is 4.79 Å². The summed E-state index contributed by atoms with van der Waals surface area (Å²) in [6.07, 6.45) is 6.80. The zero-order valence-corrected chi connectivity index (χ0v) is 13.4. The lowest BCUT2D eigenvalue weighted by Crippen LogP contribution is -2.14. The van der Waals surface area contributed by atoms with E-state index in [2.05, 4.69) is 20.3 Å². The van der Waals surface area contributed by atoms with Gasteiger partial charge in [-0.1, -0.05) is 0 Å². The van der Waals surface area contributed by atoms with Crippen LogP contribution in [-0.4, -0.2) is 26.7 Å². The first-order valence-electron chi connectivity index (χ1n) is 7.21. The summed E-state index contributed by atoms with van der Waals surface area (Å²) in [6.45, 7) is 0. The van der Waals surface area contributed by atoms with E-state index in [1.807, 2.05) is 29.2 Å². The Morgan fingerprint density at radius 1 is 1.00 bits per heavy atom. The van der Waals surface area contributed by atoms with E-state index in [-0.39, 0.29) is 11.8 Å². The number of aromatic nitrogens is 3. The van der Waals surface area contributed by atoms with Gasteiger partial charge in [0, 0.05) is 30.0 Å². The van der Waals surface area contributed by atoms with Crippen LogP contribution in [0.25, 0.3) is 0 Å². The lowest BCUT2D eigenvalue weighted by Gasteiger charge is -2.22. The van der Waals surface area contributed by atoms with Gasteiger partial charge in [0.2, 0.25) is 11.9 Å². The highest BCUT2D eigenvalue weighted by Gasteiger charge is 2.14.